The minimum atomic E-state index is -0.318. The summed E-state index contributed by atoms with van der Waals surface area (Å²) < 4.78 is 0. The minimum Gasteiger partial charge on any atom is -0.338 e. The molecule has 2 N–H and O–H groups in total. The van der Waals surface area contributed by atoms with Gasteiger partial charge in [0.2, 0.25) is 5.91 Å². The zero-order valence-corrected chi connectivity index (χ0v) is 13.6. The second-order valence-electron chi connectivity index (χ2n) is 6.70. The standard InChI is InChI=1S/C18H25N3O2/c1-13-10-14(11-19)12-21(13)18(23)16-8-5-9-20(16)17(22)15-6-3-2-4-7-15/h2-4,6-7,13-14,16H,5,8-12,19H2,1H3. The Hall–Kier alpha value is -1.88. The molecule has 124 valence electrons. The van der Waals surface area contributed by atoms with Gasteiger partial charge in [-0.1, -0.05) is 18.2 Å². The molecule has 0 spiro atoms. The van der Waals surface area contributed by atoms with E-state index >= 15 is 0 Å². The molecule has 2 fully saturated rings. The summed E-state index contributed by atoms with van der Waals surface area (Å²) in [7, 11) is 0. The lowest BCUT2D eigenvalue weighted by molar-refractivity contribution is -0.135. The number of likely N-dealkylation sites (tertiary alicyclic amines) is 2. The zero-order valence-electron chi connectivity index (χ0n) is 13.6. The molecule has 3 unspecified atom stereocenters. The summed E-state index contributed by atoms with van der Waals surface area (Å²) in [5.74, 6) is 0.438. The summed E-state index contributed by atoms with van der Waals surface area (Å²) in [6, 6.07) is 9.12. The van der Waals surface area contributed by atoms with Crippen LogP contribution in [0.5, 0.6) is 0 Å². The summed E-state index contributed by atoms with van der Waals surface area (Å²) >= 11 is 0. The van der Waals surface area contributed by atoms with Crippen molar-refractivity contribution in [2.24, 2.45) is 11.7 Å². The van der Waals surface area contributed by atoms with Gasteiger partial charge in [-0.15, -0.1) is 0 Å². The Morgan fingerprint density at radius 1 is 1.22 bits per heavy atom. The first-order valence-corrected chi connectivity index (χ1v) is 8.48. The van der Waals surface area contributed by atoms with Crippen molar-refractivity contribution in [1.29, 1.82) is 0 Å². The van der Waals surface area contributed by atoms with Gasteiger partial charge < -0.3 is 15.5 Å². The predicted molar refractivity (Wildman–Crippen MR) is 88.8 cm³/mol. The molecule has 0 aromatic heterocycles. The van der Waals surface area contributed by atoms with Crippen molar-refractivity contribution in [2.75, 3.05) is 19.6 Å². The normalized spacial score (nSPS) is 27.5. The Bertz CT molecular complexity index is 575. The number of carbonyl (C=O) groups is 2. The molecular formula is C18H25N3O2. The van der Waals surface area contributed by atoms with Gasteiger partial charge in [-0.05, 0) is 50.8 Å². The van der Waals surface area contributed by atoms with Gasteiger partial charge in [-0.25, -0.2) is 0 Å². The van der Waals surface area contributed by atoms with Gasteiger partial charge in [0.15, 0.2) is 0 Å². The van der Waals surface area contributed by atoms with Crippen molar-refractivity contribution >= 4 is 11.8 Å². The van der Waals surface area contributed by atoms with Gasteiger partial charge in [-0.2, -0.15) is 0 Å². The van der Waals surface area contributed by atoms with Crippen molar-refractivity contribution in [3.63, 3.8) is 0 Å². The number of rotatable bonds is 3. The molecule has 23 heavy (non-hydrogen) atoms. The Morgan fingerprint density at radius 2 is 1.96 bits per heavy atom. The summed E-state index contributed by atoms with van der Waals surface area (Å²) in [5, 5.41) is 0. The van der Waals surface area contributed by atoms with Crippen LogP contribution in [0.15, 0.2) is 30.3 Å². The van der Waals surface area contributed by atoms with Crippen LogP contribution in [-0.2, 0) is 4.79 Å². The molecule has 1 aromatic rings. The Balaban J connectivity index is 1.74. The average Bonchev–Trinajstić information content (AvgIpc) is 3.21. The SMILES string of the molecule is CC1CC(CN)CN1C(=O)C1CCCN1C(=O)c1ccccc1. The molecule has 2 heterocycles. The maximum Gasteiger partial charge on any atom is 0.254 e. The van der Waals surface area contributed by atoms with Crippen LogP contribution >= 0.6 is 0 Å². The lowest BCUT2D eigenvalue weighted by Crippen LogP contribution is -2.49. The fourth-order valence-electron chi connectivity index (χ4n) is 3.82. The molecule has 0 radical (unpaired) electrons. The summed E-state index contributed by atoms with van der Waals surface area (Å²) in [4.78, 5) is 29.4. The summed E-state index contributed by atoms with van der Waals surface area (Å²) in [5.41, 5.74) is 6.42. The monoisotopic (exact) mass is 315 g/mol. The molecule has 2 aliphatic heterocycles. The number of benzene rings is 1. The van der Waals surface area contributed by atoms with Crippen LogP contribution in [0.25, 0.3) is 0 Å². The summed E-state index contributed by atoms with van der Waals surface area (Å²) in [6.45, 7) is 4.07. The highest BCUT2D eigenvalue weighted by Crippen LogP contribution is 2.28. The van der Waals surface area contributed by atoms with E-state index in [-0.39, 0.29) is 23.9 Å². The van der Waals surface area contributed by atoms with Crippen molar-refractivity contribution in [2.45, 2.75) is 38.3 Å². The van der Waals surface area contributed by atoms with E-state index in [0.717, 1.165) is 25.8 Å². The van der Waals surface area contributed by atoms with E-state index in [0.29, 0.717) is 24.6 Å². The van der Waals surface area contributed by atoms with Crippen LogP contribution in [-0.4, -0.2) is 53.3 Å². The third-order valence-electron chi connectivity index (χ3n) is 5.10. The molecule has 2 aliphatic rings. The molecule has 1 aromatic carbocycles. The highest BCUT2D eigenvalue weighted by atomic mass is 16.2. The van der Waals surface area contributed by atoms with Crippen LogP contribution in [0.2, 0.25) is 0 Å². The maximum absolute atomic E-state index is 13.0. The van der Waals surface area contributed by atoms with Crippen molar-refractivity contribution in [1.82, 2.24) is 9.80 Å². The van der Waals surface area contributed by atoms with Crippen LogP contribution in [0.3, 0.4) is 0 Å². The summed E-state index contributed by atoms with van der Waals surface area (Å²) in [6.07, 6.45) is 2.60. The molecule has 2 saturated heterocycles. The van der Waals surface area contributed by atoms with E-state index in [4.69, 9.17) is 5.73 Å². The number of nitrogens with two attached hydrogens (primary N) is 1. The Kier molecular flexibility index (Phi) is 4.66. The van der Waals surface area contributed by atoms with E-state index in [1.165, 1.54) is 0 Å². The molecular weight excluding hydrogens is 290 g/mol. The van der Waals surface area contributed by atoms with Gasteiger partial charge in [0.05, 0.1) is 0 Å². The number of carbonyl (C=O) groups excluding carboxylic acids is 2. The van der Waals surface area contributed by atoms with Crippen LogP contribution in [0, 0.1) is 5.92 Å². The zero-order chi connectivity index (χ0) is 16.4. The Labute approximate surface area is 137 Å². The average molecular weight is 315 g/mol. The minimum absolute atomic E-state index is 0.0383. The fourth-order valence-corrected chi connectivity index (χ4v) is 3.82. The van der Waals surface area contributed by atoms with Crippen LogP contribution < -0.4 is 5.73 Å². The van der Waals surface area contributed by atoms with Gasteiger partial charge in [0.25, 0.3) is 5.91 Å². The van der Waals surface area contributed by atoms with Crippen molar-refractivity contribution in [3.8, 4) is 0 Å². The van der Waals surface area contributed by atoms with Gasteiger partial charge in [-0.3, -0.25) is 9.59 Å². The van der Waals surface area contributed by atoms with Crippen LogP contribution in [0.1, 0.15) is 36.5 Å². The smallest absolute Gasteiger partial charge is 0.254 e. The second-order valence-corrected chi connectivity index (χ2v) is 6.70. The van der Waals surface area contributed by atoms with Crippen molar-refractivity contribution in [3.05, 3.63) is 35.9 Å². The molecule has 3 atom stereocenters. The number of amides is 2. The maximum atomic E-state index is 13.0. The molecule has 3 rings (SSSR count). The predicted octanol–water partition coefficient (Wildman–Crippen LogP) is 1.49. The lowest BCUT2D eigenvalue weighted by atomic mass is 10.1. The van der Waals surface area contributed by atoms with E-state index in [1.54, 1.807) is 4.90 Å². The molecule has 5 nitrogen and oxygen atoms in total. The van der Waals surface area contributed by atoms with E-state index in [9.17, 15) is 9.59 Å². The van der Waals surface area contributed by atoms with E-state index in [1.807, 2.05) is 35.2 Å². The van der Waals surface area contributed by atoms with Gasteiger partial charge >= 0.3 is 0 Å². The number of hydrogen-bond acceptors (Lipinski definition) is 3. The highest BCUT2D eigenvalue weighted by molar-refractivity contribution is 5.98. The third kappa shape index (κ3) is 3.11. The van der Waals surface area contributed by atoms with E-state index < -0.39 is 0 Å². The van der Waals surface area contributed by atoms with Crippen molar-refractivity contribution < 1.29 is 9.59 Å². The first-order chi connectivity index (χ1) is 11.1. The van der Waals surface area contributed by atoms with Gasteiger partial charge in [0, 0.05) is 24.7 Å². The molecule has 0 bridgehead atoms. The first kappa shape index (κ1) is 16.0. The fraction of sp³-hybridized carbons (Fsp3) is 0.556. The largest absolute Gasteiger partial charge is 0.338 e. The Morgan fingerprint density at radius 3 is 2.61 bits per heavy atom. The lowest BCUT2D eigenvalue weighted by Gasteiger charge is -2.30. The molecule has 0 aliphatic carbocycles. The quantitative estimate of drug-likeness (QED) is 0.919. The van der Waals surface area contributed by atoms with Gasteiger partial charge in [0.1, 0.15) is 6.04 Å². The number of hydrogen-bond donors (Lipinski definition) is 1. The van der Waals surface area contributed by atoms with E-state index in [2.05, 4.69) is 6.92 Å². The van der Waals surface area contributed by atoms with Crippen LogP contribution in [0.4, 0.5) is 0 Å². The first-order valence-electron chi connectivity index (χ1n) is 8.48. The molecule has 0 saturated carbocycles. The molecule has 2 amide bonds. The second kappa shape index (κ2) is 6.71. The topological polar surface area (TPSA) is 66.6 Å². The highest BCUT2D eigenvalue weighted by Gasteiger charge is 2.40. The third-order valence-corrected chi connectivity index (χ3v) is 5.10. The molecule has 5 heteroatoms. The number of nitrogens with zero attached hydrogens (tertiary/aromatic N) is 2.